The molecule has 0 spiro atoms. The Morgan fingerprint density at radius 3 is 2.50 bits per heavy atom. The van der Waals surface area contributed by atoms with Crippen LogP contribution in [0.15, 0.2) is 28.1 Å². The van der Waals surface area contributed by atoms with Crippen LogP contribution in [-0.2, 0) is 0 Å². The first-order valence-corrected chi connectivity index (χ1v) is 7.08. The molecular weight excluding hydrogens is 320 g/mol. The van der Waals surface area contributed by atoms with Crippen molar-refractivity contribution in [2.24, 2.45) is 0 Å². The molecular formula is C13H12BrF2NS. The summed E-state index contributed by atoms with van der Waals surface area (Å²) in [4.78, 5) is 0.930. The van der Waals surface area contributed by atoms with Gasteiger partial charge in [-0.1, -0.05) is 12.1 Å². The third-order valence-electron chi connectivity index (χ3n) is 2.81. The number of benzene rings is 1. The molecule has 0 saturated heterocycles. The molecule has 1 atom stereocenters. The van der Waals surface area contributed by atoms with Gasteiger partial charge in [0, 0.05) is 14.9 Å². The zero-order chi connectivity index (χ0) is 13.3. The zero-order valence-corrected chi connectivity index (χ0v) is 12.3. The second-order valence-electron chi connectivity index (χ2n) is 3.95. The van der Waals surface area contributed by atoms with Gasteiger partial charge in [0.25, 0.3) is 0 Å². The van der Waals surface area contributed by atoms with E-state index in [4.69, 9.17) is 0 Å². The highest BCUT2D eigenvalue weighted by atomic mass is 79.9. The Hall–Kier alpha value is -0.780. The van der Waals surface area contributed by atoms with Crippen LogP contribution in [0.25, 0.3) is 0 Å². The predicted molar refractivity (Wildman–Crippen MR) is 74.0 cm³/mol. The molecule has 0 aliphatic rings. The van der Waals surface area contributed by atoms with E-state index in [1.165, 1.54) is 11.3 Å². The van der Waals surface area contributed by atoms with Crippen LogP contribution in [0.3, 0.4) is 0 Å². The van der Waals surface area contributed by atoms with Gasteiger partial charge in [-0.05, 0) is 46.9 Å². The van der Waals surface area contributed by atoms with Gasteiger partial charge in [-0.3, -0.25) is 0 Å². The third-order valence-corrected chi connectivity index (χ3v) is 4.75. The molecule has 0 aliphatic heterocycles. The lowest BCUT2D eigenvalue weighted by atomic mass is 10.0. The third kappa shape index (κ3) is 2.35. The monoisotopic (exact) mass is 331 g/mol. The lowest BCUT2D eigenvalue weighted by molar-refractivity contribution is 0.483. The summed E-state index contributed by atoms with van der Waals surface area (Å²) in [5.74, 6) is -1.56. The molecule has 96 valence electrons. The standard InChI is InChI=1S/C13H12BrF2NS/c1-7-3-4-8(11(16)10(7)15)12(17-2)13-9(14)5-6-18-13/h3-6,12,17H,1-2H3. The number of rotatable bonds is 3. The van der Waals surface area contributed by atoms with E-state index < -0.39 is 11.6 Å². The summed E-state index contributed by atoms with van der Waals surface area (Å²) in [7, 11) is 1.73. The van der Waals surface area contributed by atoms with Crippen molar-refractivity contribution in [3.8, 4) is 0 Å². The maximum absolute atomic E-state index is 14.0. The van der Waals surface area contributed by atoms with Crippen LogP contribution in [-0.4, -0.2) is 7.05 Å². The van der Waals surface area contributed by atoms with E-state index in [2.05, 4.69) is 21.2 Å². The molecule has 0 bridgehead atoms. The molecule has 0 aliphatic carbocycles. The Kier molecular flexibility index (Phi) is 4.14. The van der Waals surface area contributed by atoms with Crippen LogP contribution in [0.5, 0.6) is 0 Å². The van der Waals surface area contributed by atoms with Crippen molar-refractivity contribution < 1.29 is 8.78 Å². The lowest BCUT2D eigenvalue weighted by Crippen LogP contribution is -2.19. The fourth-order valence-corrected chi connectivity index (χ4v) is 3.55. The molecule has 1 aromatic heterocycles. The van der Waals surface area contributed by atoms with Gasteiger partial charge in [-0.15, -0.1) is 11.3 Å². The van der Waals surface area contributed by atoms with Crippen LogP contribution in [0, 0.1) is 18.6 Å². The molecule has 1 unspecified atom stereocenters. The molecule has 2 aromatic rings. The fraction of sp³-hybridized carbons (Fsp3) is 0.231. The second-order valence-corrected chi connectivity index (χ2v) is 5.76. The summed E-state index contributed by atoms with van der Waals surface area (Å²) in [5, 5.41) is 4.93. The van der Waals surface area contributed by atoms with Gasteiger partial charge in [-0.2, -0.15) is 0 Å². The quantitative estimate of drug-likeness (QED) is 0.878. The summed E-state index contributed by atoms with van der Waals surface area (Å²) >= 11 is 4.91. The Morgan fingerprint density at radius 1 is 1.22 bits per heavy atom. The molecule has 1 N–H and O–H groups in total. The summed E-state index contributed by atoms with van der Waals surface area (Å²) < 4.78 is 28.5. The second kappa shape index (κ2) is 5.47. The largest absolute Gasteiger partial charge is 0.309 e. The van der Waals surface area contributed by atoms with Gasteiger partial charge < -0.3 is 5.32 Å². The first kappa shape index (κ1) is 13.6. The normalized spacial score (nSPS) is 12.7. The van der Waals surface area contributed by atoms with Crippen molar-refractivity contribution in [3.05, 3.63) is 55.7 Å². The van der Waals surface area contributed by atoms with E-state index in [0.717, 1.165) is 9.35 Å². The topological polar surface area (TPSA) is 12.0 Å². The fourth-order valence-electron chi connectivity index (χ4n) is 1.82. The average molecular weight is 332 g/mol. The van der Waals surface area contributed by atoms with Crippen molar-refractivity contribution >= 4 is 27.3 Å². The number of halogens is 3. The summed E-state index contributed by atoms with van der Waals surface area (Å²) in [6.45, 7) is 1.55. The Labute approximate surface area is 117 Å². The number of hydrogen-bond donors (Lipinski definition) is 1. The minimum absolute atomic E-state index is 0.316. The molecule has 0 saturated carbocycles. The van der Waals surface area contributed by atoms with E-state index in [9.17, 15) is 8.78 Å². The molecule has 2 rings (SSSR count). The van der Waals surface area contributed by atoms with Gasteiger partial charge >= 0.3 is 0 Å². The molecule has 0 radical (unpaired) electrons. The predicted octanol–water partition coefficient (Wildman–Crippen LogP) is 4.41. The van der Waals surface area contributed by atoms with Crippen LogP contribution in [0.4, 0.5) is 8.78 Å². The first-order valence-electron chi connectivity index (χ1n) is 5.41. The van der Waals surface area contributed by atoms with E-state index in [0.29, 0.717) is 11.1 Å². The van der Waals surface area contributed by atoms with Gasteiger partial charge in [-0.25, -0.2) is 8.78 Å². The molecule has 18 heavy (non-hydrogen) atoms. The maximum Gasteiger partial charge on any atom is 0.164 e. The van der Waals surface area contributed by atoms with Crippen molar-refractivity contribution in [3.63, 3.8) is 0 Å². The minimum Gasteiger partial charge on any atom is -0.309 e. The number of hydrogen-bond acceptors (Lipinski definition) is 2. The highest BCUT2D eigenvalue weighted by Gasteiger charge is 2.22. The molecule has 5 heteroatoms. The Balaban J connectivity index is 2.53. The zero-order valence-electron chi connectivity index (χ0n) is 9.93. The van der Waals surface area contributed by atoms with Crippen LogP contribution in [0.2, 0.25) is 0 Å². The molecule has 1 aromatic carbocycles. The average Bonchev–Trinajstić information content (AvgIpc) is 2.77. The highest BCUT2D eigenvalue weighted by Crippen LogP contribution is 2.34. The van der Waals surface area contributed by atoms with Gasteiger partial charge in [0.15, 0.2) is 11.6 Å². The molecule has 1 nitrogen and oxygen atoms in total. The van der Waals surface area contributed by atoms with E-state index in [1.807, 2.05) is 11.4 Å². The van der Waals surface area contributed by atoms with E-state index in [-0.39, 0.29) is 6.04 Å². The summed E-state index contributed by atoms with van der Waals surface area (Å²) in [6.07, 6.45) is 0. The van der Waals surface area contributed by atoms with Crippen LogP contribution < -0.4 is 5.32 Å². The number of thiophene rings is 1. The molecule has 0 amide bonds. The molecule has 0 fully saturated rings. The lowest BCUT2D eigenvalue weighted by Gasteiger charge is -2.17. The van der Waals surface area contributed by atoms with Crippen LogP contribution in [0.1, 0.15) is 22.0 Å². The van der Waals surface area contributed by atoms with E-state index in [1.54, 1.807) is 26.1 Å². The smallest absolute Gasteiger partial charge is 0.164 e. The SMILES string of the molecule is CNC(c1ccc(C)c(F)c1F)c1sccc1Br. The van der Waals surface area contributed by atoms with Crippen molar-refractivity contribution in [2.45, 2.75) is 13.0 Å². The Morgan fingerprint density at radius 2 is 1.94 bits per heavy atom. The van der Waals surface area contributed by atoms with Gasteiger partial charge in [0.05, 0.1) is 6.04 Å². The maximum atomic E-state index is 14.0. The van der Waals surface area contributed by atoms with Gasteiger partial charge in [0.1, 0.15) is 0 Å². The van der Waals surface area contributed by atoms with Crippen molar-refractivity contribution in [2.75, 3.05) is 7.05 Å². The molecule has 1 heterocycles. The number of nitrogens with one attached hydrogen (secondary N) is 1. The van der Waals surface area contributed by atoms with Crippen molar-refractivity contribution in [1.82, 2.24) is 5.32 Å². The first-order chi connectivity index (χ1) is 8.56. The Bertz CT molecular complexity index is 568. The van der Waals surface area contributed by atoms with E-state index >= 15 is 0 Å². The highest BCUT2D eigenvalue weighted by molar-refractivity contribution is 9.10. The summed E-state index contributed by atoms with van der Waals surface area (Å²) in [6, 6.07) is 4.77. The number of aryl methyl sites for hydroxylation is 1. The minimum atomic E-state index is -0.783. The summed E-state index contributed by atoms with van der Waals surface area (Å²) in [5.41, 5.74) is 0.639. The van der Waals surface area contributed by atoms with Gasteiger partial charge in [0.2, 0.25) is 0 Å². The van der Waals surface area contributed by atoms with Crippen LogP contribution >= 0.6 is 27.3 Å². The van der Waals surface area contributed by atoms with Crippen molar-refractivity contribution in [1.29, 1.82) is 0 Å².